The Morgan fingerprint density at radius 1 is 0.867 bits per heavy atom. The van der Waals surface area contributed by atoms with E-state index in [1.54, 1.807) is 12.1 Å². The van der Waals surface area contributed by atoms with E-state index in [0.29, 0.717) is 5.92 Å². The third-order valence-electron chi connectivity index (χ3n) is 7.15. The molecule has 0 bridgehead atoms. The van der Waals surface area contributed by atoms with Crippen molar-refractivity contribution in [3.63, 3.8) is 0 Å². The van der Waals surface area contributed by atoms with Crippen molar-refractivity contribution in [3.8, 4) is 0 Å². The average Bonchev–Trinajstić information content (AvgIpc) is 2.96. The van der Waals surface area contributed by atoms with Gasteiger partial charge in [0.2, 0.25) is 0 Å². The van der Waals surface area contributed by atoms with E-state index in [2.05, 4.69) is 45.0 Å². The van der Waals surface area contributed by atoms with Crippen LogP contribution in [0.5, 0.6) is 0 Å². The second-order valence-electron chi connectivity index (χ2n) is 9.16. The first kappa shape index (κ1) is 24.6. The summed E-state index contributed by atoms with van der Waals surface area (Å²) in [5.74, 6) is 2.97. The number of hydrogen-bond acceptors (Lipinski definition) is 0. The van der Waals surface area contributed by atoms with Crippen LogP contribution in [0.2, 0.25) is 0 Å². The van der Waals surface area contributed by atoms with Crippen molar-refractivity contribution in [2.24, 2.45) is 17.8 Å². The summed E-state index contributed by atoms with van der Waals surface area (Å²) in [4.78, 5) is 0. The fourth-order valence-corrected chi connectivity index (χ4v) is 4.91. The van der Waals surface area contributed by atoms with Gasteiger partial charge >= 0.3 is 0 Å². The van der Waals surface area contributed by atoms with Crippen molar-refractivity contribution in [1.82, 2.24) is 0 Å². The van der Waals surface area contributed by atoms with Gasteiger partial charge in [-0.1, -0.05) is 77.4 Å². The van der Waals surface area contributed by atoms with E-state index in [0.717, 1.165) is 30.6 Å². The SMILES string of the molecule is CC.CCc1ccc(C(C)CCC2CCC(Cc3ccc(F)cc3)CCC2C)cc1. The second kappa shape index (κ2) is 12.9. The van der Waals surface area contributed by atoms with Crippen molar-refractivity contribution >= 4 is 0 Å². The minimum Gasteiger partial charge on any atom is -0.207 e. The molecule has 2 aromatic carbocycles. The zero-order valence-corrected chi connectivity index (χ0v) is 20.0. The minimum absolute atomic E-state index is 0.128. The van der Waals surface area contributed by atoms with Crippen molar-refractivity contribution < 1.29 is 4.39 Å². The van der Waals surface area contributed by atoms with Gasteiger partial charge in [-0.3, -0.25) is 0 Å². The molecule has 1 saturated carbocycles. The Morgan fingerprint density at radius 3 is 2.10 bits per heavy atom. The van der Waals surface area contributed by atoms with Gasteiger partial charge in [-0.05, 0) is 97.4 Å². The molecule has 1 aliphatic carbocycles. The number of benzene rings is 2. The molecule has 0 amide bonds. The largest absolute Gasteiger partial charge is 0.207 e. The fraction of sp³-hybridized carbons (Fsp3) is 0.586. The van der Waals surface area contributed by atoms with Gasteiger partial charge in [0, 0.05) is 0 Å². The maximum Gasteiger partial charge on any atom is 0.123 e. The van der Waals surface area contributed by atoms with Gasteiger partial charge in [0.1, 0.15) is 5.82 Å². The van der Waals surface area contributed by atoms with Gasteiger partial charge in [0.15, 0.2) is 0 Å². The Kier molecular flexibility index (Phi) is 10.6. The van der Waals surface area contributed by atoms with Crippen molar-refractivity contribution in [2.75, 3.05) is 0 Å². The molecule has 166 valence electrons. The van der Waals surface area contributed by atoms with Crippen LogP contribution < -0.4 is 0 Å². The molecule has 30 heavy (non-hydrogen) atoms. The molecule has 1 fully saturated rings. The first-order valence-corrected chi connectivity index (χ1v) is 12.4. The van der Waals surface area contributed by atoms with E-state index in [1.165, 1.54) is 55.2 Å². The molecule has 0 aromatic heterocycles. The van der Waals surface area contributed by atoms with Crippen LogP contribution >= 0.6 is 0 Å². The van der Waals surface area contributed by atoms with Gasteiger partial charge in [-0.25, -0.2) is 4.39 Å². The Bertz CT molecular complexity index is 700. The minimum atomic E-state index is -0.128. The van der Waals surface area contributed by atoms with Crippen LogP contribution in [0.25, 0.3) is 0 Å². The van der Waals surface area contributed by atoms with Gasteiger partial charge in [0.25, 0.3) is 0 Å². The number of halogens is 1. The average molecular weight is 411 g/mol. The molecule has 0 N–H and O–H groups in total. The quantitative estimate of drug-likeness (QED) is 0.399. The summed E-state index contributed by atoms with van der Waals surface area (Å²) in [7, 11) is 0. The maximum atomic E-state index is 13.1. The molecule has 2 aromatic rings. The number of hydrogen-bond donors (Lipinski definition) is 0. The molecule has 1 heteroatoms. The lowest BCUT2D eigenvalue weighted by atomic mass is 9.82. The molecule has 0 heterocycles. The Morgan fingerprint density at radius 2 is 1.47 bits per heavy atom. The van der Waals surface area contributed by atoms with Gasteiger partial charge < -0.3 is 0 Å². The summed E-state index contributed by atoms with van der Waals surface area (Å²) in [5, 5.41) is 0. The maximum absolute atomic E-state index is 13.1. The molecule has 4 atom stereocenters. The Labute approximate surface area is 185 Å². The van der Waals surface area contributed by atoms with Crippen molar-refractivity contribution in [3.05, 3.63) is 71.0 Å². The monoisotopic (exact) mass is 410 g/mol. The molecule has 0 spiro atoms. The molecular weight excluding hydrogens is 367 g/mol. The van der Waals surface area contributed by atoms with E-state index >= 15 is 0 Å². The van der Waals surface area contributed by atoms with Crippen LogP contribution in [0.3, 0.4) is 0 Å². The molecule has 0 aliphatic heterocycles. The van der Waals surface area contributed by atoms with Crippen molar-refractivity contribution in [1.29, 1.82) is 0 Å². The van der Waals surface area contributed by atoms with Crippen LogP contribution in [0.4, 0.5) is 4.39 Å². The first-order valence-electron chi connectivity index (χ1n) is 12.4. The third kappa shape index (κ3) is 7.56. The molecule has 3 rings (SSSR count). The highest BCUT2D eigenvalue weighted by molar-refractivity contribution is 5.25. The van der Waals surface area contributed by atoms with E-state index in [9.17, 15) is 4.39 Å². The van der Waals surface area contributed by atoms with Crippen LogP contribution in [0.1, 0.15) is 95.8 Å². The van der Waals surface area contributed by atoms with E-state index in [4.69, 9.17) is 0 Å². The topological polar surface area (TPSA) is 0 Å². The van der Waals surface area contributed by atoms with Crippen LogP contribution in [-0.2, 0) is 12.8 Å². The second-order valence-corrected chi connectivity index (χ2v) is 9.16. The highest BCUT2D eigenvalue weighted by Gasteiger charge is 2.25. The van der Waals surface area contributed by atoms with Crippen LogP contribution in [0.15, 0.2) is 48.5 Å². The Balaban J connectivity index is 0.00000155. The summed E-state index contributed by atoms with van der Waals surface area (Å²) in [6.45, 7) is 11.1. The summed E-state index contributed by atoms with van der Waals surface area (Å²) in [5.41, 5.74) is 4.22. The third-order valence-corrected chi connectivity index (χ3v) is 7.15. The smallest absolute Gasteiger partial charge is 0.123 e. The van der Waals surface area contributed by atoms with E-state index < -0.39 is 0 Å². The molecule has 0 saturated heterocycles. The lowest BCUT2D eigenvalue weighted by Crippen LogP contribution is -2.11. The summed E-state index contributed by atoms with van der Waals surface area (Å²) in [6, 6.07) is 16.4. The highest BCUT2D eigenvalue weighted by atomic mass is 19.1. The highest BCUT2D eigenvalue weighted by Crippen LogP contribution is 2.37. The zero-order chi connectivity index (χ0) is 21.9. The van der Waals surface area contributed by atoms with E-state index in [1.807, 2.05) is 26.0 Å². The zero-order valence-electron chi connectivity index (χ0n) is 20.0. The molecular formula is C29H43F. The van der Waals surface area contributed by atoms with E-state index in [-0.39, 0.29) is 5.82 Å². The lowest BCUT2D eigenvalue weighted by molar-refractivity contribution is 0.304. The van der Waals surface area contributed by atoms with Gasteiger partial charge in [-0.15, -0.1) is 0 Å². The predicted molar refractivity (Wildman–Crippen MR) is 130 cm³/mol. The summed E-state index contributed by atoms with van der Waals surface area (Å²) >= 11 is 0. The molecule has 0 nitrogen and oxygen atoms in total. The van der Waals surface area contributed by atoms with Gasteiger partial charge in [0.05, 0.1) is 0 Å². The lowest BCUT2D eigenvalue weighted by Gasteiger charge is -2.23. The first-order chi connectivity index (χ1) is 14.5. The number of aryl methyl sites for hydroxylation is 1. The standard InChI is InChI=1S/C27H37F.C2H6/c1-4-22-8-14-26(15-9-22)21(3)6-13-25-16-10-23(7-5-20(25)2)19-24-11-17-27(28)18-12-24;1-2/h8-9,11-12,14-15,17-18,20-21,23,25H,4-7,10,13,16,19H2,1-3H3;1-2H3. The predicted octanol–water partition coefficient (Wildman–Crippen LogP) is 8.98. The summed E-state index contributed by atoms with van der Waals surface area (Å²) in [6.07, 6.45) is 10.2. The fourth-order valence-electron chi connectivity index (χ4n) is 4.91. The van der Waals surface area contributed by atoms with Gasteiger partial charge in [-0.2, -0.15) is 0 Å². The normalized spacial score (nSPS) is 22.5. The molecule has 0 radical (unpaired) electrons. The van der Waals surface area contributed by atoms with Crippen molar-refractivity contribution in [2.45, 2.75) is 91.9 Å². The summed E-state index contributed by atoms with van der Waals surface area (Å²) < 4.78 is 13.1. The molecule has 1 aliphatic rings. The molecule has 4 unspecified atom stereocenters. The van der Waals surface area contributed by atoms with Crippen LogP contribution in [-0.4, -0.2) is 0 Å². The number of rotatable bonds is 7. The van der Waals surface area contributed by atoms with Crippen LogP contribution in [0, 0.1) is 23.6 Å². The Hall–Kier alpha value is -1.63.